The molecule has 7 heteroatoms. The summed E-state index contributed by atoms with van der Waals surface area (Å²) < 4.78 is 0.687. The van der Waals surface area contributed by atoms with E-state index < -0.39 is 12.0 Å². The highest BCUT2D eigenvalue weighted by Crippen LogP contribution is 2.22. The molecule has 1 heterocycles. The van der Waals surface area contributed by atoms with Crippen molar-refractivity contribution in [3.63, 3.8) is 0 Å². The third kappa shape index (κ3) is 4.81. The van der Waals surface area contributed by atoms with E-state index >= 15 is 0 Å². The van der Waals surface area contributed by atoms with Crippen LogP contribution in [0.4, 0.5) is 0 Å². The van der Waals surface area contributed by atoms with Crippen molar-refractivity contribution in [2.75, 3.05) is 20.6 Å². The zero-order valence-electron chi connectivity index (χ0n) is 11.1. The fourth-order valence-electron chi connectivity index (χ4n) is 1.42. The van der Waals surface area contributed by atoms with Crippen LogP contribution in [-0.2, 0) is 16.1 Å². The number of nitrogens with zero attached hydrogens (tertiary/aromatic N) is 2. The lowest BCUT2D eigenvalue weighted by molar-refractivity contribution is -0.143. The Balaban J connectivity index is 2.51. The highest BCUT2D eigenvalue weighted by molar-refractivity contribution is 7.16. The molecule has 19 heavy (non-hydrogen) atoms. The lowest BCUT2D eigenvalue weighted by Gasteiger charge is -2.24. The predicted molar refractivity (Wildman–Crippen MR) is 75.5 cm³/mol. The first-order valence-corrected chi connectivity index (χ1v) is 6.92. The molecule has 0 aliphatic rings. The fourth-order valence-corrected chi connectivity index (χ4v) is 2.56. The number of halogens is 1. The van der Waals surface area contributed by atoms with Crippen LogP contribution < -0.4 is 0 Å². The molecule has 0 saturated heterocycles. The highest BCUT2D eigenvalue weighted by atomic mass is 35.5. The Bertz CT molecular complexity index is 464. The van der Waals surface area contributed by atoms with Gasteiger partial charge in [0.2, 0.25) is 5.91 Å². The van der Waals surface area contributed by atoms with Crippen LogP contribution >= 0.6 is 22.9 Å². The average molecular weight is 305 g/mol. The predicted octanol–water partition coefficient (Wildman–Crippen LogP) is 1.76. The van der Waals surface area contributed by atoms with E-state index in [1.54, 1.807) is 32.0 Å². The molecule has 0 aliphatic carbocycles. The number of thiophene rings is 1. The smallest absolute Gasteiger partial charge is 0.320 e. The molecule has 5 nitrogen and oxygen atoms in total. The highest BCUT2D eigenvalue weighted by Gasteiger charge is 2.20. The molecule has 1 atom stereocenters. The summed E-state index contributed by atoms with van der Waals surface area (Å²) >= 11 is 7.25. The van der Waals surface area contributed by atoms with E-state index in [0.29, 0.717) is 10.9 Å². The first kappa shape index (κ1) is 15.9. The number of amides is 1. The Kier molecular flexibility index (Phi) is 5.78. The van der Waals surface area contributed by atoms with Crippen LogP contribution in [0.25, 0.3) is 0 Å². The lowest BCUT2D eigenvalue weighted by Crippen LogP contribution is -2.43. The summed E-state index contributed by atoms with van der Waals surface area (Å²) in [7, 11) is 3.31. The molecule has 0 aromatic carbocycles. The molecule has 0 spiro atoms. The molecule has 1 aromatic rings. The van der Waals surface area contributed by atoms with Crippen molar-refractivity contribution in [3.05, 3.63) is 21.3 Å². The van der Waals surface area contributed by atoms with Gasteiger partial charge < -0.3 is 10.0 Å². The molecule has 1 unspecified atom stereocenters. The van der Waals surface area contributed by atoms with E-state index in [1.807, 2.05) is 6.07 Å². The second-order valence-electron chi connectivity index (χ2n) is 4.38. The van der Waals surface area contributed by atoms with Gasteiger partial charge in [0.05, 0.1) is 17.4 Å². The summed E-state index contributed by atoms with van der Waals surface area (Å²) in [6.07, 6.45) is 0. The number of likely N-dealkylation sites (N-methyl/N-ethyl adjacent to an activating group) is 2. The van der Waals surface area contributed by atoms with Gasteiger partial charge in [-0.25, -0.2) is 0 Å². The molecule has 1 aromatic heterocycles. The molecule has 106 valence electrons. The van der Waals surface area contributed by atoms with Crippen LogP contribution in [0.2, 0.25) is 4.34 Å². The van der Waals surface area contributed by atoms with Crippen LogP contribution in [0.3, 0.4) is 0 Å². The molecule has 0 aliphatic heterocycles. The van der Waals surface area contributed by atoms with E-state index in [1.165, 1.54) is 16.2 Å². The van der Waals surface area contributed by atoms with Crippen molar-refractivity contribution < 1.29 is 14.7 Å². The minimum Gasteiger partial charge on any atom is -0.480 e. The Morgan fingerprint density at radius 2 is 2.05 bits per heavy atom. The normalized spacial score (nSPS) is 12.5. The third-order valence-electron chi connectivity index (χ3n) is 2.85. The van der Waals surface area contributed by atoms with Gasteiger partial charge in [0.15, 0.2) is 0 Å². The summed E-state index contributed by atoms with van der Waals surface area (Å²) in [6.45, 7) is 2.10. The second kappa shape index (κ2) is 6.88. The molecule has 0 saturated carbocycles. The lowest BCUT2D eigenvalue weighted by atomic mass is 10.3. The van der Waals surface area contributed by atoms with Crippen molar-refractivity contribution in [3.8, 4) is 0 Å². The molecule has 0 bridgehead atoms. The van der Waals surface area contributed by atoms with Gasteiger partial charge in [-0.3, -0.25) is 14.5 Å². The van der Waals surface area contributed by atoms with Gasteiger partial charge >= 0.3 is 5.97 Å². The van der Waals surface area contributed by atoms with E-state index in [9.17, 15) is 9.59 Å². The Labute approximate surface area is 121 Å². The van der Waals surface area contributed by atoms with Crippen molar-refractivity contribution in [2.45, 2.75) is 19.5 Å². The average Bonchev–Trinajstić information content (AvgIpc) is 2.73. The van der Waals surface area contributed by atoms with E-state index in [-0.39, 0.29) is 12.5 Å². The Hall–Kier alpha value is -1.11. The maximum absolute atomic E-state index is 12.0. The Morgan fingerprint density at radius 3 is 2.53 bits per heavy atom. The van der Waals surface area contributed by atoms with Crippen molar-refractivity contribution >= 4 is 34.8 Å². The van der Waals surface area contributed by atoms with Gasteiger partial charge in [-0.15, -0.1) is 11.3 Å². The van der Waals surface area contributed by atoms with Gasteiger partial charge in [0.25, 0.3) is 0 Å². The Morgan fingerprint density at radius 1 is 1.42 bits per heavy atom. The molecule has 1 amide bonds. The number of carboxylic acid groups (broad SMARTS) is 1. The second-order valence-corrected chi connectivity index (χ2v) is 6.18. The summed E-state index contributed by atoms with van der Waals surface area (Å²) in [6, 6.07) is 2.98. The summed E-state index contributed by atoms with van der Waals surface area (Å²) in [5, 5.41) is 8.86. The third-order valence-corrected chi connectivity index (χ3v) is 4.07. The van der Waals surface area contributed by atoms with Gasteiger partial charge in [0.1, 0.15) is 6.04 Å². The number of hydrogen-bond donors (Lipinski definition) is 1. The zero-order chi connectivity index (χ0) is 14.6. The largest absolute Gasteiger partial charge is 0.480 e. The topological polar surface area (TPSA) is 60.9 Å². The van der Waals surface area contributed by atoms with Crippen LogP contribution in [-0.4, -0.2) is 53.5 Å². The number of aliphatic carboxylic acids is 1. The molecule has 1 N–H and O–H groups in total. The summed E-state index contributed by atoms with van der Waals surface area (Å²) in [5.41, 5.74) is 0. The van der Waals surface area contributed by atoms with Gasteiger partial charge in [-0.05, 0) is 26.1 Å². The molecular formula is C12H17ClN2O3S. The number of hydrogen-bond acceptors (Lipinski definition) is 4. The van der Waals surface area contributed by atoms with Crippen LogP contribution in [0.1, 0.15) is 11.8 Å². The fraction of sp³-hybridized carbons (Fsp3) is 0.500. The van der Waals surface area contributed by atoms with E-state index in [2.05, 4.69) is 0 Å². The van der Waals surface area contributed by atoms with Crippen molar-refractivity contribution in [1.29, 1.82) is 0 Å². The van der Waals surface area contributed by atoms with Gasteiger partial charge in [0, 0.05) is 11.9 Å². The quantitative estimate of drug-likeness (QED) is 0.870. The van der Waals surface area contributed by atoms with E-state index in [0.717, 1.165) is 4.88 Å². The minimum absolute atomic E-state index is 0.0725. The SMILES string of the molecule is CC(C(=O)O)N(C)CC(=O)N(C)Cc1ccc(Cl)s1. The monoisotopic (exact) mass is 304 g/mol. The van der Waals surface area contributed by atoms with Crippen LogP contribution in [0.15, 0.2) is 12.1 Å². The molecule has 1 rings (SSSR count). The van der Waals surface area contributed by atoms with E-state index in [4.69, 9.17) is 16.7 Å². The number of carbonyl (C=O) groups is 2. The standard InChI is InChI=1S/C12H17ClN2O3S/c1-8(12(17)18)14(2)7-11(16)15(3)6-9-4-5-10(13)19-9/h4-5,8H,6-7H2,1-3H3,(H,17,18). The number of carboxylic acids is 1. The van der Waals surface area contributed by atoms with Gasteiger partial charge in [-0.1, -0.05) is 11.6 Å². The van der Waals surface area contributed by atoms with Crippen LogP contribution in [0.5, 0.6) is 0 Å². The molecular weight excluding hydrogens is 288 g/mol. The maximum Gasteiger partial charge on any atom is 0.320 e. The number of carbonyl (C=O) groups excluding carboxylic acids is 1. The molecule has 0 radical (unpaired) electrons. The van der Waals surface area contributed by atoms with Crippen molar-refractivity contribution in [2.24, 2.45) is 0 Å². The van der Waals surface area contributed by atoms with Gasteiger partial charge in [-0.2, -0.15) is 0 Å². The zero-order valence-corrected chi connectivity index (χ0v) is 12.7. The minimum atomic E-state index is -0.942. The molecule has 0 fully saturated rings. The summed E-state index contributed by atoms with van der Waals surface area (Å²) in [4.78, 5) is 26.8. The number of rotatable bonds is 6. The first-order chi connectivity index (χ1) is 8.81. The maximum atomic E-state index is 12.0. The summed E-state index contributed by atoms with van der Waals surface area (Å²) in [5.74, 6) is -1.07. The first-order valence-electron chi connectivity index (χ1n) is 5.72. The van der Waals surface area contributed by atoms with Crippen molar-refractivity contribution in [1.82, 2.24) is 9.80 Å². The van der Waals surface area contributed by atoms with Crippen LogP contribution in [0, 0.1) is 0 Å².